The molecule has 2 fully saturated rings. The van der Waals surface area contributed by atoms with Gasteiger partial charge >= 0.3 is 0 Å². The van der Waals surface area contributed by atoms with Gasteiger partial charge in [-0.3, -0.25) is 0 Å². The van der Waals surface area contributed by atoms with Crippen LogP contribution < -0.4 is 0 Å². The second-order valence-electron chi connectivity index (χ2n) is 5.85. The minimum absolute atomic E-state index is 1.01. The molecule has 0 aliphatic heterocycles. The van der Waals surface area contributed by atoms with Crippen molar-refractivity contribution in [2.45, 2.75) is 59.3 Å². The van der Waals surface area contributed by atoms with Crippen LogP contribution in [0.1, 0.15) is 59.3 Å². The van der Waals surface area contributed by atoms with Crippen molar-refractivity contribution in [3.63, 3.8) is 0 Å². The first-order valence-corrected chi connectivity index (χ1v) is 6.74. The molecule has 2 saturated carbocycles. The van der Waals surface area contributed by atoms with Crippen molar-refractivity contribution in [1.29, 1.82) is 0 Å². The van der Waals surface area contributed by atoms with Gasteiger partial charge in [0.1, 0.15) is 0 Å². The Bertz CT molecular complexity index is 184. The van der Waals surface area contributed by atoms with Gasteiger partial charge in [0.05, 0.1) is 0 Å². The van der Waals surface area contributed by atoms with Gasteiger partial charge in [-0.1, -0.05) is 46.5 Å². The van der Waals surface area contributed by atoms with Gasteiger partial charge in [-0.15, -0.1) is 0 Å². The molecular formula is C14H26. The SMILES string of the molecule is CCC1CCC2CCCC(C)C2C1C. The Kier molecular flexibility index (Phi) is 3.19. The quantitative estimate of drug-likeness (QED) is 0.577. The predicted molar refractivity (Wildman–Crippen MR) is 62.2 cm³/mol. The second kappa shape index (κ2) is 4.24. The third-order valence-corrected chi connectivity index (χ3v) is 5.22. The normalized spacial score (nSPS) is 48.6. The van der Waals surface area contributed by atoms with Crippen molar-refractivity contribution in [2.75, 3.05) is 0 Å². The largest absolute Gasteiger partial charge is 0.0651 e. The minimum Gasteiger partial charge on any atom is -0.0651 e. The summed E-state index contributed by atoms with van der Waals surface area (Å²) in [6.45, 7) is 7.42. The van der Waals surface area contributed by atoms with E-state index in [2.05, 4.69) is 20.8 Å². The van der Waals surface area contributed by atoms with E-state index < -0.39 is 0 Å². The van der Waals surface area contributed by atoms with Crippen molar-refractivity contribution in [2.24, 2.45) is 29.6 Å². The van der Waals surface area contributed by atoms with Crippen LogP contribution in [-0.2, 0) is 0 Å². The van der Waals surface area contributed by atoms with E-state index in [4.69, 9.17) is 0 Å². The van der Waals surface area contributed by atoms with Crippen LogP contribution in [0.15, 0.2) is 0 Å². The fourth-order valence-corrected chi connectivity index (χ4v) is 4.42. The number of fused-ring (bicyclic) bond motifs is 1. The van der Waals surface area contributed by atoms with Crippen molar-refractivity contribution < 1.29 is 0 Å². The third-order valence-electron chi connectivity index (χ3n) is 5.22. The van der Waals surface area contributed by atoms with Crippen LogP contribution >= 0.6 is 0 Å². The molecule has 0 saturated heterocycles. The van der Waals surface area contributed by atoms with E-state index >= 15 is 0 Å². The van der Waals surface area contributed by atoms with E-state index in [0.717, 1.165) is 29.6 Å². The van der Waals surface area contributed by atoms with Crippen LogP contribution in [0.25, 0.3) is 0 Å². The first-order valence-electron chi connectivity index (χ1n) is 6.74. The van der Waals surface area contributed by atoms with Gasteiger partial charge in [0.2, 0.25) is 0 Å². The van der Waals surface area contributed by atoms with Crippen LogP contribution in [0.5, 0.6) is 0 Å². The molecule has 0 bridgehead atoms. The molecule has 5 atom stereocenters. The Labute approximate surface area is 89.5 Å². The van der Waals surface area contributed by atoms with Crippen LogP contribution in [0.2, 0.25) is 0 Å². The van der Waals surface area contributed by atoms with Gasteiger partial charge in [-0.25, -0.2) is 0 Å². The monoisotopic (exact) mass is 194 g/mol. The molecule has 0 aromatic rings. The summed E-state index contributed by atoms with van der Waals surface area (Å²) in [5, 5.41) is 0. The summed E-state index contributed by atoms with van der Waals surface area (Å²) in [5.41, 5.74) is 0. The molecule has 2 aliphatic rings. The summed E-state index contributed by atoms with van der Waals surface area (Å²) in [6, 6.07) is 0. The Hall–Kier alpha value is 0. The lowest BCUT2D eigenvalue weighted by molar-refractivity contribution is 0.0248. The Morgan fingerprint density at radius 3 is 2.50 bits per heavy atom. The lowest BCUT2D eigenvalue weighted by Gasteiger charge is -2.47. The van der Waals surface area contributed by atoms with Gasteiger partial charge in [0.25, 0.3) is 0 Å². The van der Waals surface area contributed by atoms with Gasteiger partial charge < -0.3 is 0 Å². The van der Waals surface area contributed by atoms with Crippen molar-refractivity contribution in [3.05, 3.63) is 0 Å². The first-order chi connectivity index (χ1) is 6.74. The van der Waals surface area contributed by atoms with E-state index in [0.29, 0.717) is 0 Å². The van der Waals surface area contributed by atoms with E-state index in [1.165, 1.54) is 38.5 Å². The molecule has 0 N–H and O–H groups in total. The third kappa shape index (κ3) is 1.73. The molecular weight excluding hydrogens is 168 g/mol. The van der Waals surface area contributed by atoms with Crippen LogP contribution in [0, 0.1) is 29.6 Å². The summed E-state index contributed by atoms with van der Waals surface area (Å²) in [7, 11) is 0. The number of hydrogen-bond donors (Lipinski definition) is 0. The molecule has 2 rings (SSSR count). The van der Waals surface area contributed by atoms with Gasteiger partial charge in [-0.2, -0.15) is 0 Å². The maximum absolute atomic E-state index is 2.53. The molecule has 0 nitrogen and oxygen atoms in total. The lowest BCUT2D eigenvalue weighted by Crippen LogP contribution is -2.39. The summed E-state index contributed by atoms with van der Waals surface area (Å²) in [5.74, 6) is 5.22. The zero-order valence-corrected chi connectivity index (χ0v) is 10.1. The summed E-state index contributed by atoms with van der Waals surface area (Å²) in [4.78, 5) is 0. The van der Waals surface area contributed by atoms with E-state index in [1.54, 1.807) is 0 Å². The molecule has 0 aromatic carbocycles. The van der Waals surface area contributed by atoms with Gasteiger partial charge in [0, 0.05) is 0 Å². The molecule has 2 aliphatic carbocycles. The zero-order chi connectivity index (χ0) is 10.1. The smallest absolute Gasteiger partial charge is 0.0332 e. The molecule has 82 valence electrons. The van der Waals surface area contributed by atoms with Crippen molar-refractivity contribution in [3.8, 4) is 0 Å². The fourth-order valence-electron chi connectivity index (χ4n) is 4.42. The standard InChI is InChI=1S/C14H26/c1-4-12-8-9-13-7-5-6-10(2)14(13)11(12)3/h10-14H,4-9H2,1-3H3. The van der Waals surface area contributed by atoms with E-state index in [1.807, 2.05) is 0 Å². The van der Waals surface area contributed by atoms with E-state index in [9.17, 15) is 0 Å². The predicted octanol–water partition coefficient (Wildman–Crippen LogP) is 4.49. The Balaban J connectivity index is 2.08. The van der Waals surface area contributed by atoms with Gasteiger partial charge in [-0.05, 0) is 42.4 Å². The Morgan fingerprint density at radius 2 is 1.79 bits per heavy atom. The molecule has 0 amide bonds. The van der Waals surface area contributed by atoms with Crippen molar-refractivity contribution in [1.82, 2.24) is 0 Å². The molecule has 0 heteroatoms. The highest BCUT2D eigenvalue weighted by Gasteiger charge is 2.40. The molecule has 0 radical (unpaired) electrons. The second-order valence-corrected chi connectivity index (χ2v) is 5.85. The topological polar surface area (TPSA) is 0 Å². The highest BCUT2D eigenvalue weighted by molar-refractivity contribution is 4.90. The zero-order valence-electron chi connectivity index (χ0n) is 10.1. The molecule has 14 heavy (non-hydrogen) atoms. The van der Waals surface area contributed by atoms with Gasteiger partial charge in [0.15, 0.2) is 0 Å². The van der Waals surface area contributed by atoms with Crippen LogP contribution in [-0.4, -0.2) is 0 Å². The Morgan fingerprint density at radius 1 is 1.00 bits per heavy atom. The highest BCUT2D eigenvalue weighted by atomic mass is 14.5. The summed E-state index contributed by atoms with van der Waals surface area (Å²) < 4.78 is 0. The minimum atomic E-state index is 1.01. The number of rotatable bonds is 1. The average Bonchev–Trinajstić information content (AvgIpc) is 2.18. The highest BCUT2D eigenvalue weighted by Crippen LogP contribution is 2.49. The van der Waals surface area contributed by atoms with Crippen molar-refractivity contribution >= 4 is 0 Å². The summed E-state index contributed by atoms with van der Waals surface area (Å²) >= 11 is 0. The molecule has 0 spiro atoms. The molecule has 0 heterocycles. The van der Waals surface area contributed by atoms with Crippen LogP contribution in [0.4, 0.5) is 0 Å². The average molecular weight is 194 g/mol. The lowest BCUT2D eigenvalue weighted by atomic mass is 9.58. The number of hydrogen-bond acceptors (Lipinski definition) is 0. The van der Waals surface area contributed by atoms with E-state index in [-0.39, 0.29) is 0 Å². The summed E-state index contributed by atoms with van der Waals surface area (Å²) in [6.07, 6.45) is 9.02. The van der Waals surface area contributed by atoms with Crippen LogP contribution in [0.3, 0.4) is 0 Å². The first kappa shape index (κ1) is 10.5. The maximum atomic E-state index is 2.53. The maximum Gasteiger partial charge on any atom is -0.0332 e. The molecule has 5 unspecified atom stereocenters. The fraction of sp³-hybridized carbons (Fsp3) is 1.00. The molecule has 0 aromatic heterocycles.